The van der Waals surface area contributed by atoms with Crippen molar-refractivity contribution in [1.82, 2.24) is 29.4 Å². The third kappa shape index (κ3) is 26.9. The van der Waals surface area contributed by atoms with Gasteiger partial charge in [0.2, 0.25) is 0 Å². The summed E-state index contributed by atoms with van der Waals surface area (Å²) in [6.07, 6.45) is -43.6. The quantitative estimate of drug-likeness (QED) is 0.0392. The third-order valence-corrected chi connectivity index (χ3v) is 25.0. The summed E-state index contributed by atoms with van der Waals surface area (Å²) in [5, 5.41) is 66.4. The van der Waals surface area contributed by atoms with Gasteiger partial charge in [-0.1, -0.05) is 103 Å². The van der Waals surface area contributed by atoms with E-state index < -0.39 is 370 Å². The highest BCUT2D eigenvalue weighted by Crippen LogP contribution is 2.53. The molecule has 6 aromatic rings. The number of rotatable bonds is 21. The second kappa shape index (κ2) is 48.4. The molecule has 141 heavy (non-hydrogen) atoms. The highest BCUT2D eigenvalue weighted by Gasteiger charge is 2.47. The highest BCUT2D eigenvalue weighted by atomic mass is 16.5. The Morgan fingerprint density at radius 1 is 0.312 bits per heavy atom. The van der Waals surface area contributed by atoms with Crippen molar-refractivity contribution >= 4 is 0 Å². The van der Waals surface area contributed by atoms with Crippen LogP contribution in [0.3, 0.4) is 0 Å². The van der Waals surface area contributed by atoms with Crippen LogP contribution in [-0.4, -0.2) is 260 Å². The summed E-state index contributed by atoms with van der Waals surface area (Å²) in [6, 6.07) is 5.27. The number of methoxy groups -OCH3 is 12. The van der Waals surface area contributed by atoms with Crippen molar-refractivity contribution in [3.8, 4) is 69.0 Å². The Labute approximate surface area is 947 Å². The van der Waals surface area contributed by atoms with E-state index in [1.165, 1.54) is 86.2 Å². The molecule has 6 aromatic carbocycles. The zero-order valence-electron chi connectivity index (χ0n) is 154. The van der Waals surface area contributed by atoms with Crippen LogP contribution in [0.25, 0.3) is 0 Å². The summed E-state index contributed by atoms with van der Waals surface area (Å²) in [5.74, 6) is -11.9. The largest absolute Gasteiger partial charge is 0.493 e. The number of ether oxygens (including phenoxy) is 12. The first-order valence-electron chi connectivity index (χ1n) is 81.9. The molecule has 786 valence electrons. The van der Waals surface area contributed by atoms with Gasteiger partial charge in [-0.15, -0.1) is 0 Å². The molecule has 0 amide bonds. The lowest BCUT2D eigenvalue weighted by atomic mass is 9.75. The fraction of sp³-hybridized carbons (Fsp3) is 0.692. The molecule has 18 rings (SSSR count). The molecule has 0 spiro atoms. The fourth-order valence-corrected chi connectivity index (χ4v) is 18.4. The van der Waals surface area contributed by atoms with Crippen LogP contribution in [-0.2, 0) is 38.2 Å². The third-order valence-electron chi connectivity index (χ3n) is 25.0. The van der Waals surface area contributed by atoms with Crippen molar-refractivity contribution in [3.63, 3.8) is 0 Å². The van der Waals surface area contributed by atoms with Gasteiger partial charge in [0.1, 0.15) is 0 Å². The maximum absolute atomic E-state index is 11.5. The average Bonchev–Trinajstić information content (AvgIpc) is 0.640. The van der Waals surface area contributed by atoms with Gasteiger partial charge >= 0.3 is 0 Å². The minimum atomic E-state index is -4.26. The maximum Gasteiger partial charge on any atom is 0.161 e. The molecule has 18 atom stereocenters. The molecule has 0 aromatic heterocycles. The molecule has 18 unspecified atom stereocenters. The van der Waals surface area contributed by atoms with E-state index in [0.29, 0.717) is 78.5 Å². The summed E-state index contributed by atoms with van der Waals surface area (Å²) in [7, 11) is 2.77. The van der Waals surface area contributed by atoms with Crippen LogP contribution < -0.4 is 56.8 Å². The summed E-state index contributed by atoms with van der Waals surface area (Å²) in [6.45, 7) is -42.0. The highest BCUT2D eigenvalue weighted by molar-refractivity contribution is 5.55. The Hall–Kier alpha value is -7.56. The standard InChI is InChI=1S/3C20H31NO3.3C19H29NO3/c3*1-20(2,3)11-14-12-21-7-6-13-8-18(23-4)19(24-5)9-15(13)16(21)10-17(14)22;3*1-12(2)7-14-11-20-6-5-13-8-18(22-3)19(23-4)9-15(13)16(20)10-17(14)21/h3*8-9,14,16-17,22H,6-7,10-12H2,1-5H3;3*8-9,12,14,16-17,21H,5-7,10-11H2,1-4H3/i1D3,2D3,5D3,6D2,7D2,10D2,11D2,14D,16D,17D;1D3,2D3,5D3,6D2,7D2,11D2,12D2;1D3,2D3,6D2,7D2,11D2,12D2;4D3,5D2,6D2,11D2;2*5D2,6D2,11D2. The normalized spacial score (nSPS) is 44.1. The first-order valence-corrected chi connectivity index (χ1v) is 45.9. The van der Waals surface area contributed by atoms with Gasteiger partial charge < -0.3 is 87.5 Å². The first-order chi connectivity index (χ1) is 95.0. The van der Waals surface area contributed by atoms with E-state index in [0.717, 1.165) is 47.1 Å². The molecule has 12 heterocycles. The maximum atomic E-state index is 11.5. The summed E-state index contributed by atoms with van der Waals surface area (Å²) in [5.41, 5.74) is -11.4. The Kier molecular flexibility index (Phi) is 17.0. The average molecular weight is 2030 g/mol. The molecule has 0 bridgehead atoms. The Morgan fingerprint density at radius 2 is 0.525 bits per heavy atom. The van der Waals surface area contributed by atoms with E-state index in [1.54, 1.807) is 12.1 Å². The van der Waals surface area contributed by atoms with Crippen LogP contribution in [0.2, 0.25) is 0 Å². The number of fused-ring (bicyclic) bond motifs is 18. The summed E-state index contributed by atoms with van der Waals surface area (Å²) in [4.78, 5) is 3.60. The van der Waals surface area contributed by atoms with Crippen molar-refractivity contribution in [2.24, 2.45) is 69.5 Å². The Bertz CT molecular complexity index is 8290. The van der Waals surface area contributed by atoms with Gasteiger partial charge in [-0.3, -0.25) is 29.4 Å². The molecule has 24 nitrogen and oxygen atoms in total. The second-order valence-electron chi connectivity index (χ2n) is 37.3. The lowest BCUT2D eigenvalue weighted by Gasteiger charge is -2.47. The van der Waals surface area contributed by atoms with Crippen LogP contribution in [0.4, 0.5) is 0 Å². The molecular weight excluding hydrogens is 1780 g/mol. The fourth-order valence-electron chi connectivity index (χ4n) is 18.4. The number of aliphatic hydroxyl groups excluding tert-OH is 5. The topological polar surface area (TPSA) is 252 Å². The molecule has 0 aliphatic carbocycles. The van der Waals surface area contributed by atoms with Gasteiger partial charge in [-0.05, 0) is 324 Å². The van der Waals surface area contributed by atoms with Crippen molar-refractivity contribution in [3.05, 3.63) is 140 Å². The Morgan fingerprint density at radius 3 is 0.766 bits per heavy atom. The van der Waals surface area contributed by atoms with Gasteiger partial charge in [0.25, 0.3) is 0 Å². The zero-order valence-corrected chi connectivity index (χ0v) is 82.0. The van der Waals surface area contributed by atoms with Gasteiger partial charge in [0.15, 0.2) is 69.0 Å². The molecule has 12 aliphatic heterocycles. The molecule has 6 fully saturated rings. The number of aryl methyl sites for hydroxylation is 6. The second-order valence-corrected chi connectivity index (χ2v) is 37.3. The summed E-state index contributed by atoms with van der Waals surface area (Å²) >= 11 is 0. The molecule has 12 aliphatic rings. The molecular formula is C117H180N6O18. The van der Waals surface area contributed by atoms with Gasteiger partial charge in [-0.2, -0.15) is 0 Å². The van der Waals surface area contributed by atoms with E-state index in [1.807, 2.05) is 41.5 Å². The predicted molar refractivity (Wildman–Crippen MR) is 561 cm³/mol. The van der Waals surface area contributed by atoms with Crippen LogP contribution in [0, 0.1) is 69.5 Å². The molecule has 0 radical (unpaired) electrons. The molecule has 6 N–H and O–H groups in total. The van der Waals surface area contributed by atoms with Crippen molar-refractivity contribution in [1.29, 1.82) is 0 Å². The number of hydrogen-bond donors (Lipinski definition) is 6. The van der Waals surface area contributed by atoms with E-state index in [4.69, 9.17) is 154 Å². The lowest BCUT2D eigenvalue weighted by Crippen LogP contribution is -2.48. The van der Waals surface area contributed by atoms with E-state index in [9.17, 15) is 32.0 Å². The molecule has 6 saturated heterocycles. The predicted octanol–water partition coefficient (Wildman–Crippen LogP) is 19.3. The van der Waals surface area contributed by atoms with Crippen LogP contribution in [0.5, 0.6) is 69.0 Å². The van der Waals surface area contributed by atoms with E-state index >= 15 is 0 Å². The van der Waals surface area contributed by atoms with Crippen LogP contribution >= 0.6 is 0 Å². The number of hydrogen-bond acceptors (Lipinski definition) is 24. The van der Waals surface area contributed by atoms with Crippen molar-refractivity contribution in [2.75, 3.05) is 163 Å². The smallest absolute Gasteiger partial charge is 0.161 e. The Balaban J connectivity index is 0.000000205. The number of nitrogens with zero attached hydrogens (tertiary/aromatic N) is 6. The molecule has 0 saturated carbocycles. The van der Waals surface area contributed by atoms with Crippen molar-refractivity contribution < 1.29 is 186 Å². The minimum Gasteiger partial charge on any atom is -0.493 e. The monoisotopic (exact) mass is 2030 g/mol. The number of aliphatic hydroxyl groups is 6. The van der Waals surface area contributed by atoms with Crippen molar-refractivity contribution in [2.45, 2.75) is 291 Å². The van der Waals surface area contributed by atoms with Crippen LogP contribution in [0.15, 0.2) is 72.8 Å². The van der Waals surface area contributed by atoms with Gasteiger partial charge in [0, 0.05) is 198 Å². The number of benzene rings is 6. The van der Waals surface area contributed by atoms with Gasteiger partial charge in [0.05, 0.1) is 137 Å². The SMILES string of the molecule is [2H]C([2H])([2H])Oc1cc2c(cc1OC)C([2H])([2H])C([2H])([2H])N1C2CC(O)C(C([2H])([2H])C(C)(C([2H])([2H])[2H])C([2H])([2H])[2H])C1([2H])[2H].[2H]C([2H])([2H])Oc1cc2c(cc1OC)C([2H])([2H])C([2H])([2H])N1C2CC(O)C(CC(C)C)C1([2H])[2H].[2H]C([2H])([2H])Oc1cc2c(cc1OC)C([2H])([2H])C([2H])([2H])N1CC([2H])(C([2H])([2H])C(C)(C([2H])([2H])[2H])C([2H])([2H])[2H])C([2H])(O)C([2H])([2H])C21[2H].[2H]C1([2H])C(C([2H])([2H])C(C)(C([2H])([2H])[2H])C([2H])([2H])[2H])C(O)CC2c3cc(OC)c(OC)cc3C([2H])([2H])C([2H])([2H])N21.[2H]C1([2H])C(CC(C)C)C(O)CC2c3cc(OC)c(OC)cc3C([2H])([2H])C([2H])([2H])N21.[2H]C1([2H])C(CC(C)C)C(O)CC2c3cc(OC)c(OC)cc3C([2H])([2H])C([2H])([2H])N21. The first kappa shape index (κ1) is 49.5. The molecule has 24 heteroatoms. The lowest BCUT2D eigenvalue weighted by molar-refractivity contribution is -0.0259. The van der Waals surface area contributed by atoms with E-state index in [-0.39, 0.29) is 127 Å². The minimum absolute atomic E-state index is 0.0266. The van der Waals surface area contributed by atoms with E-state index in [2.05, 4.69) is 0 Å². The zero-order chi connectivity index (χ0) is 165. The van der Waals surface area contributed by atoms with Gasteiger partial charge in [-0.25, -0.2) is 0 Å². The number of piperidine rings is 6. The summed E-state index contributed by atoms with van der Waals surface area (Å²) < 4.78 is 663. The van der Waals surface area contributed by atoms with Crippen LogP contribution in [0.1, 0.15) is 382 Å².